The number of benzene rings is 3. The summed E-state index contributed by atoms with van der Waals surface area (Å²) in [6, 6.07) is 17.8. The minimum atomic E-state index is -0.654. The van der Waals surface area contributed by atoms with Gasteiger partial charge in [0, 0.05) is 5.92 Å². The van der Waals surface area contributed by atoms with Crippen molar-refractivity contribution in [1.29, 1.82) is 0 Å². The second-order valence-electron chi connectivity index (χ2n) is 8.22. The zero-order valence-electron chi connectivity index (χ0n) is 16.5. The van der Waals surface area contributed by atoms with E-state index in [4.69, 9.17) is 9.47 Å². The van der Waals surface area contributed by atoms with Crippen molar-refractivity contribution in [3.8, 4) is 0 Å². The normalized spacial score (nSPS) is 23.9. The van der Waals surface area contributed by atoms with Crippen LogP contribution in [0.1, 0.15) is 31.4 Å². The van der Waals surface area contributed by atoms with Crippen LogP contribution in [0.2, 0.25) is 0 Å². The summed E-state index contributed by atoms with van der Waals surface area (Å²) in [7, 11) is 0. The van der Waals surface area contributed by atoms with E-state index in [9.17, 15) is 0 Å². The van der Waals surface area contributed by atoms with Crippen molar-refractivity contribution in [1.82, 2.24) is 0 Å². The average Bonchev–Trinajstić information content (AvgIpc) is 2.73. The van der Waals surface area contributed by atoms with Gasteiger partial charge in [0.15, 0.2) is 0 Å². The Hall–Kier alpha value is -2.58. The maximum Gasteiger partial charge on any atom is 0.233 e. The standard InChI is InChI=1S/C26H26O2/c1-18(2)28-26(15-5-6-16-27-26)21-11-14-23-20(17-21)10-13-24-22-8-4-3-7-19(22)9-12-25(23)24/h3-10,12-13,15-16,18,21H,11,14,17H2,1-2H3. The molecule has 0 aromatic heterocycles. The molecule has 142 valence electrons. The predicted octanol–water partition coefficient (Wildman–Crippen LogP) is 6.32. The van der Waals surface area contributed by atoms with Gasteiger partial charge in [-0.2, -0.15) is 0 Å². The first-order chi connectivity index (χ1) is 13.7. The fourth-order valence-electron chi connectivity index (χ4n) is 4.90. The lowest BCUT2D eigenvalue weighted by molar-refractivity contribution is -0.227. The Morgan fingerprint density at radius 2 is 1.82 bits per heavy atom. The summed E-state index contributed by atoms with van der Waals surface area (Å²) in [4.78, 5) is 0. The van der Waals surface area contributed by atoms with E-state index in [1.807, 2.05) is 12.2 Å². The Balaban J connectivity index is 1.55. The van der Waals surface area contributed by atoms with Gasteiger partial charge < -0.3 is 9.47 Å². The first kappa shape index (κ1) is 17.5. The highest BCUT2D eigenvalue weighted by molar-refractivity contribution is 6.08. The Morgan fingerprint density at radius 1 is 0.964 bits per heavy atom. The lowest BCUT2D eigenvalue weighted by atomic mass is 9.77. The second kappa shape index (κ2) is 6.79. The summed E-state index contributed by atoms with van der Waals surface area (Å²) in [6.45, 7) is 4.15. The van der Waals surface area contributed by atoms with Crippen molar-refractivity contribution in [2.45, 2.75) is 45.0 Å². The largest absolute Gasteiger partial charge is 0.466 e. The van der Waals surface area contributed by atoms with Gasteiger partial charge in [-0.05, 0) is 77.9 Å². The number of allylic oxidation sites excluding steroid dienone is 2. The van der Waals surface area contributed by atoms with Crippen molar-refractivity contribution in [2.75, 3.05) is 0 Å². The highest BCUT2D eigenvalue weighted by atomic mass is 16.7. The van der Waals surface area contributed by atoms with Crippen LogP contribution >= 0.6 is 0 Å². The molecule has 2 nitrogen and oxygen atoms in total. The molecule has 0 saturated carbocycles. The molecule has 2 atom stereocenters. The summed E-state index contributed by atoms with van der Waals surface area (Å²) in [5.74, 6) is -0.347. The van der Waals surface area contributed by atoms with E-state index < -0.39 is 5.79 Å². The summed E-state index contributed by atoms with van der Waals surface area (Å²) in [5, 5.41) is 5.40. The maximum absolute atomic E-state index is 6.32. The van der Waals surface area contributed by atoms with E-state index in [0.717, 1.165) is 19.3 Å². The quantitative estimate of drug-likeness (QED) is 0.502. The van der Waals surface area contributed by atoms with Gasteiger partial charge in [0.05, 0.1) is 12.4 Å². The maximum atomic E-state index is 6.32. The molecule has 0 saturated heterocycles. The third-order valence-electron chi connectivity index (χ3n) is 6.10. The first-order valence-corrected chi connectivity index (χ1v) is 10.3. The first-order valence-electron chi connectivity index (χ1n) is 10.3. The Labute approximate surface area is 166 Å². The lowest BCUT2D eigenvalue weighted by Crippen LogP contribution is -2.45. The number of rotatable bonds is 3. The fourth-order valence-corrected chi connectivity index (χ4v) is 4.90. The van der Waals surface area contributed by atoms with Gasteiger partial charge in [0.1, 0.15) is 0 Å². The SMILES string of the molecule is CC(C)OC1(C2CCc3c(ccc4c3ccc3ccccc34)C2)C=CC=CO1. The van der Waals surface area contributed by atoms with Crippen molar-refractivity contribution in [2.24, 2.45) is 5.92 Å². The molecular formula is C26H26O2. The molecule has 0 N–H and O–H groups in total. The molecule has 0 radical (unpaired) electrons. The molecule has 3 aromatic carbocycles. The summed E-state index contributed by atoms with van der Waals surface area (Å²) < 4.78 is 12.4. The van der Waals surface area contributed by atoms with Crippen LogP contribution in [0.25, 0.3) is 21.5 Å². The van der Waals surface area contributed by atoms with Crippen LogP contribution in [0.5, 0.6) is 0 Å². The van der Waals surface area contributed by atoms with Gasteiger partial charge >= 0.3 is 0 Å². The topological polar surface area (TPSA) is 18.5 Å². The summed E-state index contributed by atoms with van der Waals surface area (Å²) in [5.41, 5.74) is 2.92. The van der Waals surface area contributed by atoms with Gasteiger partial charge in [0.2, 0.25) is 5.79 Å². The van der Waals surface area contributed by atoms with Crippen LogP contribution < -0.4 is 0 Å². The zero-order chi connectivity index (χ0) is 19.1. The van der Waals surface area contributed by atoms with Gasteiger partial charge in [-0.25, -0.2) is 0 Å². The smallest absolute Gasteiger partial charge is 0.233 e. The Bertz CT molecular complexity index is 1090. The highest BCUT2D eigenvalue weighted by Crippen LogP contribution is 2.41. The fraction of sp³-hybridized carbons (Fsp3) is 0.308. The summed E-state index contributed by atoms with van der Waals surface area (Å²) >= 11 is 0. The molecule has 0 amide bonds. The number of hydrogen-bond acceptors (Lipinski definition) is 2. The molecule has 2 heteroatoms. The van der Waals surface area contributed by atoms with Crippen LogP contribution in [0.15, 0.2) is 73.0 Å². The van der Waals surface area contributed by atoms with Crippen LogP contribution in [0, 0.1) is 5.92 Å². The lowest BCUT2D eigenvalue weighted by Gasteiger charge is -2.42. The predicted molar refractivity (Wildman–Crippen MR) is 115 cm³/mol. The van der Waals surface area contributed by atoms with E-state index in [-0.39, 0.29) is 6.10 Å². The van der Waals surface area contributed by atoms with Crippen molar-refractivity contribution >= 4 is 21.5 Å². The number of fused-ring (bicyclic) bond motifs is 5. The van der Waals surface area contributed by atoms with Crippen LogP contribution in [-0.2, 0) is 22.3 Å². The van der Waals surface area contributed by atoms with E-state index >= 15 is 0 Å². The number of ether oxygens (including phenoxy) is 2. The number of aryl methyl sites for hydroxylation is 1. The average molecular weight is 370 g/mol. The molecule has 0 spiro atoms. The van der Waals surface area contributed by atoms with Crippen molar-refractivity contribution in [3.63, 3.8) is 0 Å². The number of hydrogen-bond donors (Lipinski definition) is 0. The Kier molecular flexibility index (Phi) is 4.25. The molecule has 0 bridgehead atoms. The summed E-state index contributed by atoms with van der Waals surface area (Å²) in [6.07, 6.45) is 11.0. The van der Waals surface area contributed by atoms with Crippen LogP contribution in [0.4, 0.5) is 0 Å². The van der Waals surface area contributed by atoms with Crippen molar-refractivity contribution in [3.05, 3.63) is 84.1 Å². The molecule has 1 heterocycles. The molecule has 1 aliphatic carbocycles. The highest BCUT2D eigenvalue weighted by Gasteiger charge is 2.42. The molecule has 2 aliphatic rings. The molecular weight excluding hydrogens is 344 g/mol. The minimum absolute atomic E-state index is 0.112. The third-order valence-corrected chi connectivity index (χ3v) is 6.10. The second-order valence-corrected chi connectivity index (χ2v) is 8.22. The van der Waals surface area contributed by atoms with Gasteiger partial charge in [0.25, 0.3) is 0 Å². The molecule has 0 fully saturated rings. The van der Waals surface area contributed by atoms with E-state index in [2.05, 4.69) is 68.5 Å². The Morgan fingerprint density at radius 3 is 2.64 bits per heavy atom. The van der Waals surface area contributed by atoms with Crippen molar-refractivity contribution < 1.29 is 9.47 Å². The third kappa shape index (κ3) is 2.84. The zero-order valence-corrected chi connectivity index (χ0v) is 16.5. The minimum Gasteiger partial charge on any atom is -0.466 e. The molecule has 1 aliphatic heterocycles. The molecule has 3 aromatic rings. The molecule has 2 unspecified atom stereocenters. The van der Waals surface area contributed by atoms with Crippen LogP contribution in [-0.4, -0.2) is 11.9 Å². The molecule has 5 rings (SSSR count). The monoisotopic (exact) mass is 370 g/mol. The van der Waals surface area contributed by atoms with E-state index in [0.29, 0.717) is 5.92 Å². The molecule has 28 heavy (non-hydrogen) atoms. The van der Waals surface area contributed by atoms with Gasteiger partial charge in [-0.15, -0.1) is 0 Å². The van der Waals surface area contributed by atoms with Gasteiger partial charge in [-0.1, -0.05) is 54.6 Å². The van der Waals surface area contributed by atoms with Crippen LogP contribution in [0.3, 0.4) is 0 Å². The van der Waals surface area contributed by atoms with Gasteiger partial charge in [-0.3, -0.25) is 0 Å². The van der Waals surface area contributed by atoms with E-state index in [1.165, 1.54) is 32.7 Å². The van der Waals surface area contributed by atoms with E-state index in [1.54, 1.807) is 6.26 Å².